The van der Waals surface area contributed by atoms with Crippen molar-refractivity contribution in [2.45, 2.75) is 27.7 Å². The Morgan fingerprint density at radius 2 is 1.48 bits per heavy atom. The Hall–Kier alpha value is -4.13. The van der Waals surface area contributed by atoms with Crippen molar-refractivity contribution in [2.75, 3.05) is 12.0 Å². The summed E-state index contributed by atoms with van der Waals surface area (Å²) in [4.78, 5) is 39.4. The molecule has 0 unspecified atom stereocenters. The number of imide groups is 2. The minimum absolute atomic E-state index is 0.0938. The average molecular weight is 444 g/mol. The SMILES string of the molecule is COc1ccc(-n2c(C)cc(/C=C3\C(=O)NC(=O)N(c4cc(C)cc(C)c4)C3=O)c2C)cc1. The van der Waals surface area contributed by atoms with Crippen LogP contribution >= 0.6 is 0 Å². The van der Waals surface area contributed by atoms with Crippen molar-refractivity contribution in [1.29, 1.82) is 0 Å². The maximum Gasteiger partial charge on any atom is 0.335 e. The highest BCUT2D eigenvalue weighted by molar-refractivity contribution is 6.39. The summed E-state index contributed by atoms with van der Waals surface area (Å²) >= 11 is 0. The van der Waals surface area contributed by atoms with Gasteiger partial charge < -0.3 is 9.30 Å². The molecule has 0 radical (unpaired) electrons. The van der Waals surface area contributed by atoms with Gasteiger partial charge in [0.05, 0.1) is 12.8 Å². The van der Waals surface area contributed by atoms with Gasteiger partial charge in [0.1, 0.15) is 11.3 Å². The van der Waals surface area contributed by atoms with Crippen molar-refractivity contribution in [3.8, 4) is 11.4 Å². The van der Waals surface area contributed by atoms with E-state index in [0.29, 0.717) is 5.69 Å². The summed E-state index contributed by atoms with van der Waals surface area (Å²) in [7, 11) is 1.61. The lowest BCUT2D eigenvalue weighted by Crippen LogP contribution is -2.54. The molecular formula is C26H25N3O4. The van der Waals surface area contributed by atoms with E-state index in [4.69, 9.17) is 4.74 Å². The third-order valence-electron chi connectivity index (χ3n) is 5.67. The Labute approximate surface area is 192 Å². The van der Waals surface area contributed by atoms with E-state index in [1.54, 1.807) is 25.3 Å². The molecule has 1 saturated heterocycles. The Morgan fingerprint density at radius 1 is 0.848 bits per heavy atom. The second-order valence-corrected chi connectivity index (χ2v) is 8.16. The number of anilines is 1. The molecule has 0 atom stereocenters. The number of hydrogen-bond donors (Lipinski definition) is 1. The number of urea groups is 1. The normalized spacial score (nSPS) is 15.2. The van der Waals surface area contributed by atoms with E-state index >= 15 is 0 Å². The number of nitrogens with one attached hydrogen (secondary N) is 1. The standard InChI is InChI=1S/C26H25N3O4/c1-15-10-16(2)12-21(11-15)29-25(31)23(24(30)27-26(29)32)14-19-13-17(3)28(18(19)4)20-6-8-22(33-5)9-7-20/h6-14H,1-5H3,(H,27,30,32)/b23-14+. The number of rotatable bonds is 4. The first-order valence-electron chi connectivity index (χ1n) is 10.5. The molecule has 2 heterocycles. The molecule has 4 amide bonds. The Morgan fingerprint density at radius 3 is 2.09 bits per heavy atom. The van der Waals surface area contributed by atoms with E-state index in [1.165, 1.54) is 0 Å². The van der Waals surface area contributed by atoms with Gasteiger partial charge >= 0.3 is 6.03 Å². The van der Waals surface area contributed by atoms with Gasteiger partial charge in [0, 0.05) is 17.1 Å². The lowest BCUT2D eigenvalue weighted by molar-refractivity contribution is -0.122. The smallest absolute Gasteiger partial charge is 0.335 e. The van der Waals surface area contributed by atoms with E-state index in [9.17, 15) is 14.4 Å². The molecule has 2 aromatic carbocycles. The number of amides is 4. The predicted octanol–water partition coefficient (Wildman–Crippen LogP) is 4.39. The first kappa shape index (κ1) is 22.1. The quantitative estimate of drug-likeness (QED) is 0.479. The summed E-state index contributed by atoms with van der Waals surface area (Å²) < 4.78 is 7.26. The maximum atomic E-state index is 13.3. The first-order chi connectivity index (χ1) is 15.7. The van der Waals surface area contributed by atoms with Crippen LogP contribution in [0.4, 0.5) is 10.5 Å². The third kappa shape index (κ3) is 4.05. The van der Waals surface area contributed by atoms with Crippen LogP contribution in [0.25, 0.3) is 11.8 Å². The van der Waals surface area contributed by atoms with Crippen LogP contribution in [0.5, 0.6) is 5.75 Å². The van der Waals surface area contributed by atoms with Gasteiger partial charge in [0.2, 0.25) is 0 Å². The summed E-state index contributed by atoms with van der Waals surface area (Å²) in [5.41, 5.74) is 5.61. The summed E-state index contributed by atoms with van der Waals surface area (Å²) in [5.74, 6) is -0.605. The summed E-state index contributed by atoms with van der Waals surface area (Å²) in [6, 6.07) is 14.2. The van der Waals surface area contributed by atoms with Crippen LogP contribution in [0.3, 0.4) is 0 Å². The number of benzene rings is 2. The van der Waals surface area contributed by atoms with Crippen LogP contribution < -0.4 is 15.0 Å². The highest BCUT2D eigenvalue weighted by atomic mass is 16.5. The molecule has 0 aliphatic carbocycles. The number of aryl methyl sites for hydroxylation is 3. The summed E-state index contributed by atoms with van der Waals surface area (Å²) in [6.07, 6.45) is 1.54. The largest absolute Gasteiger partial charge is 0.497 e. The molecule has 0 spiro atoms. The Balaban J connectivity index is 1.75. The van der Waals surface area contributed by atoms with Gasteiger partial charge in [-0.3, -0.25) is 14.9 Å². The number of hydrogen-bond acceptors (Lipinski definition) is 4. The highest BCUT2D eigenvalue weighted by Gasteiger charge is 2.37. The van der Waals surface area contributed by atoms with Crippen LogP contribution in [0.1, 0.15) is 28.1 Å². The number of nitrogens with zero attached hydrogens (tertiary/aromatic N) is 2. The molecule has 0 bridgehead atoms. The fraction of sp³-hybridized carbons (Fsp3) is 0.192. The predicted molar refractivity (Wildman–Crippen MR) is 127 cm³/mol. The Kier molecular flexibility index (Phi) is 5.64. The second-order valence-electron chi connectivity index (χ2n) is 8.16. The van der Waals surface area contributed by atoms with Crippen LogP contribution in [-0.4, -0.2) is 29.5 Å². The molecule has 1 aromatic heterocycles. The van der Waals surface area contributed by atoms with Crippen molar-refractivity contribution >= 4 is 29.6 Å². The molecule has 1 N–H and O–H groups in total. The van der Waals surface area contributed by atoms with Crippen molar-refractivity contribution < 1.29 is 19.1 Å². The van der Waals surface area contributed by atoms with Crippen molar-refractivity contribution in [3.63, 3.8) is 0 Å². The van der Waals surface area contributed by atoms with Gasteiger partial charge in [-0.15, -0.1) is 0 Å². The number of carbonyl (C=O) groups is 3. The maximum absolute atomic E-state index is 13.3. The van der Waals surface area contributed by atoms with Crippen LogP contribution in [-0.2, 0) is 9.59 Å². The molecule has 1 fully saturated rings. The number of carbonyl (C=O) groups excluding carboxylic acids is 3. The lowest BCUT2D eigenvalue weighted by atomic mass is 10.1. The molecule has 33 heavy (non-hydrogen) atoms. The third-order valence-corrected chi connectivity index (χ3v) is 5.67. The van der Waals surface area contributed by atoms with E-state index in [2.05, 4.69) is 5.32 Å². The molecular weight excluding hydrogens is 418 g/mol. The monoisotopic (exact) mass is 443 g/mol. The zero-order chi connectivity index (χ0) is 23.9. The van der Waals surface area contributed by atoms with Gasteiger partial charge in [-0.05, 0) is 92.9 Å². The first-order valence-corrected chi connectivity index (χ1v) is 10.5. The van der Waals surface area contributed by atoms with Crippen LogP contribution in [0.2, 0.25) is 0 Å². The molecule has 7 nitrogen and oxygen atoms in total. The molecule has 1 aliphatic heterocycles. The number of aromatic nitrogens is 1. The van der Waals surface area contributed by atoms with Gasteiger partial charge in [0.15, 0.2) is 0 Å². The Bertz CT molecular complexity index is 1300. The average Bonchev–Trinajstić information content (AvgIpc) is 3.03. The van der Waals surface area contributed by atoms with Crippen molar-refractivity contribution in [3.05, 3.63) is 82.2 Å². The van der Waals surface area contributed by atoms with Crippen LogP contribution in [0, 0.1) is 27.7 Å². The van der Waals surface area contributed by atoms with Crippen LogP contribution in [0.15, 0.2) is 54.1 Å². The summed E-state index contributed by atoms with van der Waals surface area (Å²) in [5, 5.41) is 2.29. The molecule has 7 heteroatoms. The number of barbiturate groups is 1. The fourth-order valence-electron chi connectivity index (χ4n) is 4.19. The van der Waals surface area contributed by atoms with E-state index in [0.717, 1.165) is 44.4 Å². The summed E-state index contributed by atoms with van der Waals surface area (Å²) in [6.45, 7) is 7.65. The zero-order valence-electron chi connectivity index (χ0n) is 19.2. The lowest BCUT2D eigenvalue weighted by Gasteiger charge is -2.27. The molecule has 0 saturated carbocycles. The highest BCUT2D eigenvalue weighted by Crippen LogP contribution is 2.27. The van der Waals surface area contributed by atoms with E-state index < -0.39 is 17.8 Å². The number of methoxy groups -OCH3 is 1. The fourth-order valence-corrected chi connectivity index (χ4v) is 4.19. The topological polar surface area (TPSA) is 80.6 Å². The number of ether oxygens (including phenoxy) is 1. The van der Waals surface area contributed by atoms with Gasteiger partial charge in [-0.1, -0.05) is 6.07 Å². The minimum atomic E-state index is -0.754. The molecule has 168 valence electrons. The molecule has 1 aliphatic rings. The van der Waals surface area contributed by atoms with Gasteiger partial charge in [-0.2, -0.15) is 0 Å². The van der Waals surface area contributed by atoms with Gasteiger partial charge in [0.25, 0.3) is 11.8 Å². The van der Waals surface area contributed by atoms with Crippen molar-refractivity contribution in [2.24, 2.45) is 0 Å². The molecule has 3 aromatic rings. The van der Waals surface area contributed by atoms with Crippen molar-refractivity contribution in [1.82, 2.24) is 9.88 Å². The molecule has 4 rings (SSSR count). The van der Waals surface area contributed by atoms with Gasteiger partial charge in [-0.25, -0.2) is 9.69 Å². The zero-order valence-corrected chi connectivity index (χ0v) is 19.2. The second kappa shape index (κ2) is 8.43. The van der Waals surface area contributed by atoms with E-state index in [-0.39, 0.29) is 5.57 Å². The van der Waals surface area contributed by atoms with E-state index in [1.807, 2.05) is 68.7 Å². The minimum Gasteiger partial charge on any atom is -0.497 e.